The second kappa shape index (κ2) is 3.66. The lowest BCUT2D eigenvalue weighted by Crippen LogP contribution is -2.48. The van der Waals surface area contributed by atoms with Crippen molar-refractivity contribution in [2.24, 2.45) is 5.73 Å². The number of hydrogen-bond acceptors (Lipinski definition) is 3. The molecule has 0 bridgehead atoms. The summed E-state index contributed by atoms with van der Waals surface area (Å²) in [5.74, 6) is -0.583. The van der Waals surface area contributed by atoms with Gasteiger partial charge in [-0.1, -0.05) is 0 Å². The van der Waals surface area contributed by atoms with Gasteiger partial charge in [-0.2, -0.15) is 5.48 Å². The highest BCUT2D eigenvalue weighted by atomic mass is 35.5. The van der Waals surface area contributed by atoms with E-state index in [4.69, 9.17) is 10.9 Å². The summed E-state index contributed by atoms with van der Waals surface area (Å²) < 4.78 is 0. The maximum Gasteiger partial charge on any atom is 0.239 e. The summed E-state index contributed by atoms with van der Waals surface area (Å²) in [5, 5.41) is 8.21. The lowest BCUT2D eigenvalue weighted by molar-refractivity contribution is -0.127. The number of primary amides is 1. The highest BCUT2D eigenvalue weighted by Gasteiger charge is 2.22. The van der Waals surface area contributed by atoms with Crippen LogP contribution in [0.4, 0.5) is 0 Å². The minimum Gasteiger partial charge on any atom is -0.368 e. The molecule has 5 heteroatoms. The average molecular weight is 155 g/mol. The number of hydroxylamine groups is 1. The lowest BCUT2D eigenvalue weighted by atomic mass is 10.1. The van der Waals surface area contributed by atoms with Gasteiger partial charge in [0.05, 0.1) is 0 Å². The van der Waals surface area contributed by atoms with Crippen molar-refractivity contribution in [2.75, 3.05) is 0 Å². The number of hydrogen-bond donors (Lipinski definition) is 3. The minimum absolute atomic E-state index is 0. The first kappa shape index (κ1) is 11.5. The molecule has 0 aliphatic rings. The third-order valence-electron chi connectivity index (χ3n) is 0.896. The molecular formula is C4H11ClN2O2. The Hall–Kier alpha value is -0.320. The van der Waals surface area contributed by atoms with Crippen molar-refractivity contribution < 1.29 is 10.0 Å². The summed E-state index contributed by atoms with van der Waals surface area (Å²) in [6, 6.07) is 0. The van der Waals surface area contributed by atoms with Crippen molar-refractivity contribution in [1.82, 2.24) is 5.48 Å². The Bertz CT molecular complexity index is 105. The molecule has 0 aromatic carbocycles. The third kappa shape index (κ3) is 3.29. The van der Waals surface area contributed by atoms with E-state index in [0.717, 1.165) is 0 Å². The van der Waals surface area contributed by atoms with Crippen molar-refractivity contribution >= 4 is 18.3 Å². The van der Waals surface area contributed by atoms with Gasteiger partial charge in [-0.3, -0.25) is 4.79 Å². The first-order valence-electron chi connectivity index (χ1n) is 2.22. The summed E-state index contributed by atoms with van der Waals surface area (Å²) in [5.41, 5.74) is 5.57. The minimum atomic E-state index is -1.01. The number of rotatable bonds is 2. The molecule has 0 fully saturated rings. The molecule has 0 saturated heterocycles. The first-order chi connectivity index (χ1) is 3.50. The summed E-state index contributed by atoms with van der Waals surface area (Å²) in [6.45, 7) is 2.96. The van der Waals surface area contributed by atoms with E-state index < -0.39 is 11.4 Å². The zero-order valence-electron chi connectivity index (χ0n) is 5.34. The van der Waals surface area contributed by atoms with Crippen LogP contribution in [0.15, 0.2) is 0 Å². The molecule has 0 atom stereocenters. The van der Waals surface area contributed by atoms with Crippen LogP contribution in [0.3, 0.4) is 0 Å². The molecule has 0 heterocycles. The number of carbonyl (C=O) groups excluding carboxylic acids is 1. The summed E-state index contributed by atoms with van der Waals surface area (Å²) in [4.78, 5) is 10.3. The third-order valence-corrected chi connectivity index (χ3v) is 0.896. The van der Waals surface area contributed by atoms with Crippen molar-refractivity contribution in [1.29, 1.82) is 0 Å². The van der Waals surface area contributed by atoms with E-state index in [-0.39, 0.29) is 12.4 Å². The normalized spacial score (nSPS) is 10.1. The number of amides is 1. The molecule has 0 aromatic rings. The summed E-state index contributed by atoms with van der Waals surface area (Å²) >= 11 is 0. The molecule has 4 N–H and O–H groups in total. The van der Waals surface area contributed by atoms with Crippen LogP contribution in [0.2, 0.25) is 0 Å². The fraction of sp³-hybridized carbons (Fsp3) is 0.750. The van der Waals surface area contributed by atoms with Crippen molar-refractivity contribution in [3.63, 3.8) is 0 Å². The zero-order chi connectivity index (χ0) is 6.78. The van der Waals surface area contributed by atoms with E-state index in [1.165, 1.54) is 13.8 Å². The van der Waals surface area contributed by atoms with Gasteiger partial charge >= 0.3 is 0 Å². The fourth-order valence-corrected chi connectivity index (χ4v) is 0.0551. The van der Waals surface area contributed by atoms with E-state index in [2.05, 4.69) is 0 Å². The Kier molecular flexibility index (Phi) is 4.66. The van der Waals surface area contributed by atoms with Crippen LogP contribution in [0, 0.1) is 0 Å². The molecule has 9 heavy (non-hydrogen) atoms. The smallest absolute Gasteiger partial charge is 0.239 e. The molecule has 0 aliphatic carbocycles. The largest absolute Gasteiger partial charge is 0.368 e. The Morgan fingerprint density at radius 2 is 2.00 bits per heavy atom. The highest BCUT2D eigenvalue weighted by Crippen LogP contribution is 1.96. The van der Waals surface area contributed by atoms with Gasteiger partial charge in [-0.15, -0.1) is 12.4 Å². The molecule has 0 rings (SSSR count). The molecule has 0 spiro atoms. The van der Waals surface area contributed by atoms with Crippen LogP contribution in [-0.4, -0.2) is 16.7 Å². The number of nitrogens with one attached hydrogen (secondary N) is 1. The van der Waals surface area contributed by atoms with E-state index in [1.807, 2.05) is 0 Å². The maximum atomic E-state index is 10.3. The standard InChI is InChI=1S/C4H10N2O2.ClH/c1-4(2,6-8)3(5)7;/h6,8H,1-2H3,(H2,5,7);1H. The van der Waals surface area contributed by atoms with Gasteiger partial charge in [0.1, 0.15) is 5.54 Å². The molecule has 0 saturated carbocycles. The van der Waals surface area contributed by atoms with Crippen molar-refractivity contribution in [3.8, 4) is 0 Å². The van der Waals surface area contributed by atoms with Crippen LogP contribution in [0.5, 0.6) is 0 Å². The van der Waals surface area contributed by atoms with Gasteiger partial charge in [0.15, 0.2) is 0 Å². The van der Waals surface area contributed by atoms with Crippen molar-refractivity contribution in [3.05, 3.63) is 0 Å². The van der Waals surface area contributed by atoms with E-state index in [1.54, 1.807) is 5.48 Å². The van der Waals surface area contributed by atoms with Gasteiger partial charge in [-0.05, 0) is 13.8 Å². The van der Waals surface area contributed by atoms with Gasteiger partial charge in [0.2, 0.25) is 5.91 Å². The van der Waals surface area contributed by atoms with Crippen LogP contribution in [-0.2, 0) is 4.79 Å². The maximum absolute atomic E-state index is 10.3. The first-order valence-corrected chi connectivity index (χ1v) is 2.22. The van der Waals surface area contributed by atoms with Crippen LogP contribution in [0.1, 0.15) is 13.8 Å². The average Bonchev–Trinajstić information content (AvgIpc) is 1.67. The van der Waals surface area contributed by atoms with E-state index in [0.29, 0.717) is 0 Å². The van der Waals surface area contributed by atoms with E-state index >= 15 is 0 Å². The monoisotopic (exact) mass is 154 g/mol. The predicted octanol–water partition coefficient (Wildman–Crippen LogP) is -0.349. The Morgan fingerprint density at radius 3 is 2.00 bits per heavy atom. The number of carbonyl (C=O) groups is 1. The highest BCUT2D eigenvalue weighted by molar-refractivity contribution is 5.85. The SMILES string of the molecule is CC(C)(NO)C(N)=O.Cl. The zero-order valence-corrected chi connectivity index (χ0v) is 6.16. The van der Waals surface area contributed by atoms with Gasteiger partial charge < -0.3 is 10.9 Å². The second-order valence-corrected chi connectivity index (χ2v) is 2.10. The molecule has 0 radical (unpaired) electrons. The van der Waals surface area contributed by atoms with Gasteiger partial charge in [0.25, 0.3) is 0 Å². The molecule has 4 nitrogen and oxygen atoms in total. The van der Waals surface area contributed by atoms with E-state index in [9.17, 15) is 4.79 Å². The number of nitrogens with two attached hydrogens (primary N) is 1. The Balaban J connectivity index is 0. The number of halogens is 1. The molecule has 56 valence electrons. The Labute approximate surface area is 59.8 Å². The van der Waals surface area contributed by atoms with Crippen LogP contribution >= 0.6 is 12.4 Å². The fourth-order valence-electron chi connectivity index (χ4n) is 0.0551. The van der Waals surface area contributed by atoms with Crippen molar-refractivity contribution in [2.45, 2.75) is 19.4 Å². The molecule has 0 aliphatic heterocycles. The summed E-state index contributed by atoms with van der Waals surface area (Å²) in [6.07, 6.45) is 0. The quantitative estimate of drug-likeness (QED) is 0.476. The predicted molar refractivity (Wildman–Crippen MR) is 35.4 cm³/mol. The summed E-state index contributed by atoms with van der Waals surface area (Å²) in [7, 11) is 0. The second-order valence-electron chi connectivity index (χ2n) is 2.10. The Morgan fingerprint density at radius 1 is 1.67 bits per heavy atom. The molecular weight excluding hydrogens is 144 g/mol. The van der Waals surface area contributed by atoms with Gasteiger partial charge in [-0.25, -0.2) is 0 Å². The topological polar surface area (TPSA) is 75.3 Å². The van der Waals surface area contributed by atoms with Crippen LogP contribution in [0.25, 0.3) is 0 Å². The van der Waals surface area contributed by atoms with Gasteiger partial charge in [0, 0.05) is 0 Å². The molecule has 0 unspecified atom stereocenters. The van der Waals surface area contributed by atoms with Crippen LogP contribution < -0.4 is 11.2 Å². The molecule has 1 amide bonds. The molecule has 0 aromatic heterocycles. The lowest BCUT2D eigenvalue weighted by Gasteiger charge is -2.16.